The molecular formula is C12H22N2O. The summed E-state index contributed by atoms with van der Waals surface area (Å²) in [5.41, 5.74) is 0.711. The van der Waals surface area contributed by atoms with E-state index in [1.54, 1.807) is 6.08 Å². The van der Waals surface area contributed by atoms with Gasteiger partial charge in [-0.3, -0.25) is 9.69 Å². The molecule has 0 saturated carbocycles. The lowest BCUT2D eigenvalue weighted by atomic mass is 9.94. The molecular weight excluding hydrogens is 188 g/mol. The van der Waals surface area contributed by atoms with Gasteiger partial charge in [-0.05, 0) is 33.8 Å². The summed E-state index contributed by atoms with van der Waals surface area (Å²) in [6.45, 7) is 11.8. The van der Waals surface area contributed by atoms with Gasteiger partial charge in [0.1, 0.15) is 0 Å². The summed E-state index contributed by atoms with van der Waals surface area (Å²) in [6, 6.07) is 0. The van der Waals surface area contributed by atoms with Crippen LogP contribution in [0.15, 0.2) is 11.6 Å². The fourth-order valence-corrected chi connectivity index (χ4v) is 1.82. The van der Waals surface area contributed by atoms with Gasteiger partial charge in [0.25, 0.3) is 0 Å². The zero-order chi connectivity index (χ0) is 11.5. The second kappa shape index (κ2) is 4.90. The molecule has 0 aromatic heterocycles. The Morgan fingerprint density at radius 1 is 1.27 bits per heavy atom. The molecule has 0 spiro atoms. The van der Waals surface area contributed by atoms with Crippen molar-refractivity contribution in [3.8, 4) is 0 Å². The minimum atomic E-state index is -0.362. The van der Waals surface area contributed by atoms with Crippen molar-refractivity contribution in [2.24, 2.45) is 0 Å². The van der Waals surface area contributed by atoms with Gasteiger partial charge in [0, 0.05) is 26.2 Å². The second-order valence-electron chi connectivity index (χ2n) is 4.88. The van der Waals surface area contributed by atoms with Crippen molar-refractivity contribution >= 4 is 5.78 Å². The zero-order valence-corrected chi connectivity index (χ0v) is 10.3. The van der Waals surface area contributed by atoms with Crippen molar-refractivity contribution in [1.29, 1.82) is 0 Å². The van der Waals surface area contributed by atoms with Crippen LogP contribution in [0.1, 0.15) is 27.7 Å². The van der Waals surface area contributed by atoms with E-state index in [1.807, 2.05) is 27.7 Å². The van der Waals surface area contributed by atoms with E-state index in [4.69, 9.17) is 0 Å². The summed E-state index contributed by atoms with van der Waals surface area (Å²) in [7, 11) is 0. The van der Waals surface area contributed by atoms with Gasteiger partial charge in [-0.1, -0.05) is 5.57 Å². The Kier molecular flexibility index (Phi) is 4.05. The Morgan fingerprint density at radius 3 is 2.27 bits per heavy atom. The van der Waals surface area contributed by atoms with E-state index in [1.165, 1.54) is 0 Å². The van der Waals surface area contributed by atoms with Crippen LogP contribution < -0.4 is 5.32 Å². The third kappa shape index (κ3) is 3.14. The van der Waals surface area contributed by atoms with Crippen LogP contribution in [0.4, 0.5) is 0 Å². The maximum atomic E-state index is 12.0. The first-order chi connectivity index (χ1) is 6.94. The highest BCUT2D eigenvalue weighted by Gasteiger charge is 2.33. The van der Waals surface area contributed by atoms with Gasteiger partial charge in [0.2, 0.25) is 0 Å². The smallest absolute Gasteiger partial charge is 0.175 e. The van der Waals surface area contributed by atoms with Crippen molar-refractivity contribution in [2.45, 2.75) is 33.2 Å². The van der Waals surface area contributed by atoms with Gasteiger partial charge in [-0.25, -0.2) is 0 Å². The third-order valence-corrected chi connectivity index (χ3v) is 2.93. The van der Waals surface area contributed by atoms with Crippen LogP contribution in [0, 0.1) is 0 Å². The molecule has 0 amide bonds. The number of nitrogens with one attached hydrogen (secondary N) is 1. The van der Waals surface area contributed by atoms with Crippen LogP contribution in [0.2, 0.25) is 0 Å². The number of hydrogen-bond acceptors (Lipinski definition) is 3. The van der Waals surface area contributed by atoms with Crippen molar-refractivity contribution in [3.05, 3.63) is 11.6 Å². The van der Waals surface area contributed by atoms with Crippen LogP contribution in [-0.4, -0.2) is 42.4 Å². The first-order valence-electron chi connectivity index (χ1n) is 5.59. The minimum absolute atomic E-state index is 0.212. The predicted molar refractivity (Wildman–Crippen MR) is 63.0 cm³/mol. The van der Waals surface area contributed by atoms with Gasteiger partial charge >= 0.3 is 0 Å². The van der Waals surface area contributed by atoms with Crippen molar-refractivity contribution in [2.75, 3.05) is 26.2 Å². The Balaban J connectivity index is 2.71. The molecule has 1 aliphatic heterocycles. The molecule has 0 bridgehead atoms. The molecule has 0 aromatic rings. The number of carbonyl (C=O) groups excluding carboxylic acids is 1. The molecule has 0 radical (unpaired) electrons. The van der Waals surface area contributed by atoms with Gasteiger partial charge < -0.3 is 5.32 Å². The SMILES string of the molecule is CC(C)=CC(=O)C(C)(C)N1CCNCC1. The normalized spacial score (nSPS) is 18.7. The number of hydrogen-bond donors (Lipinski definition) is 1. The van der Waals surface area contributed by atoms with Gasteiger partial charge in [0.15, 0.2) is 5.78 Å². The number of rotatable bonds is 3. The van der Waals surface area contributed by atoms with Crippen LogP contribution in [-0.2, 0) is 4.79 Å². The average molecular weight is 210 g/mol. The number of carbonyl (C=O) groups is 1. The van der Waals surface area contributed by atoms with Crippen LogP contribution >= 0.6 is 0 Å². The number of ketones is 1. The highest BCUT2D eigenvalue weighted by Crippen LogP contribution is 2.17. The predicted octanol–water partition coefficient (Wildman–Crippen LogP) is 1.21. The molecule has 1 rings (SSSR count). The summed E-state index contributed by atoms with van der Waals surface area (Å²) >= 11 is 0. The second-order valence-corrected chi connectivity index (χ2v) is 4.88. The Morgan fingerprint density at radius 2 is 1.80 bits per heavy atom. The zero-order valence-electron chi connectivity index (χ0n) is 10.3. The van der Waals surface area contributed by atoms with Gasteiger partial charge in [-0.15, -0.1) is 0 Å². The molecule has 3 heteroatoms. The fourth-order valence-electron chi connectivity index (χ4n) is 1.82. The average Bonchev–Trinajstić information content (AvgIpc) is 2.18. The Hall–Kier alpha value is -0.670. The van der Waals surface area contributed by atoms with Gasteiger partial charge in [0.05, 0.1) is 5.54 Å². The number of piperazine rings is 1. The van der Waals surface area contributed by atoms with E-state index in [0.29, 0.717) is 0 Å². The topological polar surface area (TPSA) is 32.3 Å². The molecule has 1 fully saturated rings. The monoisotopic (exact) mass is 210 g/mol. The molecule has 0 atom stereocenters. The number of allylic oxidation sites excluding steroid dienone is 1. The molecule has 1 saturated heterocycles. The highest BCUT2D eigenvalue weighted by atomic mass is 16.1. The maximum Gasteiger partial charge on any atom is 0.175 e. The summed E-state index contributed by atoms with van der Waals surface area (Å²) in [5.74, 6) is 0.212. The molecule has 0 aromatic carbocycles. The van der Waals surface area contributed by atoms with E-state index in [-0.39, 0.29) is 11.3 Å². The van der Waals surface area contributed by atoms with E-state index in [2.05, 4.69) is 10.2 Å². The van der Waals surface area contributed by atoms with Crippen LogP contribution in [0.3, 0.4) is 0 Å². The standard InChI is InChI=1S/C12H22N2O/c1-10(2)9-11(15)12(3,4)14-7-5-13-6-8-14/h9,13H,5-8H2,1-4H3. The molecule has 15 heavy (non-hydrogen) atoms. The Labute approximate surface area is 92.5 Å². The maximum absolute atomic E-state index is 12.0. The summed E-state index contributed by atoms with van der Waals surface area (Å²) in [5, 5.41) is 3.30. The van der Waals surface area contributed by atoms with Crippen molar-refractivity contribution in [1.82, 2.24) is 10.2 Å². The van der Waals surface area contributed by atoms with Crippen molar-refractivity contribution in [3.63, 3.8) is 0 Å². The largest absolute Gasteiger partial charge is 0.314 e. The van der Waals surface area contributed by atoms with Crippen LogP contribution in [0.5, 0.6) is 0 Å². The summed E-state index contributed by atoms with van der Waals surface area (Å²) < 4.78 is 0. The van der Waals surface area contributed by atoms with Gasteiger partial charge in [-0.2, -0.15) is 0 Å². The molecule has 1 N–H and O–H groups in total. The quantitative estimate of drug-likeness (QED) is 0.711. The van der Waals surface area contributed by atoms with E-state index >= 15 is 0 Å². The molecule has 0 unspecified atom stereocenters. The summed E-state index contributed by atoms with van der Waals surface area (Å²) in [4.78, 5) is 14.3. The van der Waals surface area contributed by atoms with E-state index in [0.717, 1.165) is 31.8 Å². The first kappa shape index (κ1) is 12.4. The molecule has 1 heterocycles. The third-order valence-electron chi connectivity index (χ3n) is 2.93. The van der Waals surface area contributed by atoms with E-state index < -0.39 is 0 Å². The van der Waals surface area contributed by atoms with E-state index in [9.17, 15) is 4.79 Å². The lowest BCUT2D eigenvalue weighted by Gasteiger charge is -2.39. The minimum Gasteiger partial charge on any atom is -0.314 e. The van der Waals surface area contributed by atoms with Crippen molar-refractivity contribution < 1.29 is 4.79 Å². The first-order valence-corrected chi connectivity index (χ1v) is 5.59. The highest BCUT2D eigenvalue weighted by molar-refractivity contribution is 5.97. The lowest BCUT2D eigenvalue weighted by molar-refractivity contribution is -0.124. The fraction of sp³-hybridized carbons (Fsp3) is 0.750. The molecule has 86 valence electrons. The Bertz CT molecular complexity index is 259. The molecule has 1 aliphatic rings. The molecule has 0 aliphatic carbocycles. The summed E-state index contributed by atoms with van der Waals surface area (Å²) in [6.07, 6.45) is 1.75. The molecule has 3 nitrogen and oxygen atoms in total. The van der Waals surface area contributed by atoms with Crippen LogP contribution in [0.25, 0.3) is 0 Å². The number of nitrogens with zero attached hydrogens (tertiary/aromatic N) is 1. The lowest BCUT2D eigenvalue weighted by Crippen LogP contribution is -2.56.